The fourth-order valence-corrected chi connectivity index (χ4v) is 9.88. The van der Waals surface area contributed by atoms with Crippen LogP contribution in [0.5, 0.6) is 11.5 Å². The van der Waals surface area contributed by atoms with Gasteiger partial charge in [-0.15, -0.1) is 17.9 Å². The van der Waals surface area contributed by atoms with Gasteiger partial charge in [-0.05, 0) is 61.1 Å². The van der Waals surface area contributed by atoms with Crippen molar-refractivity contribution in [1.82, 2.24) is 24.9 Å². The van der Waals surface area contributed by atoms with E-state index in [0.29, 0.717) is 57.3 Å². The van der Waals surface area contributed by atoms with E-state index in [1.165, 1.54) is 34.4 Å². The van der Waals surface area contributed by atoms with Crippen LogP contribution >= 0.6 is 11.3 Å². The van der Waals surface area contributed by atoms with Gasteiger partial charge in [0, 0.05) is 46.4 Å². The van der Waals surface area contributed by atoms with E-state index in [-0.39, 0.29) is 25.2 Å². The number of halogens is 1. The summed E-state index contributed by atoms with van der Waals surface area (Å²) in [6, 6.07) is 20.9. The lowest BCUT2D eigenvalue weighted by Crippen LogP contribution is -2.58. The second kappa shape index (κ2) is 16.2. The zero-order chi connectivity index (χ0) is 43.3. The Labute approximate surface area is 357 Å². The second-order valence-corrected chi connectivity index (χ2v) is 19.7. The largest absolute Gasteiger partial charge is 0.497 e. The lowest BCUT2D eigenvalue weighted by molar-refractivity contribution is -0.141. The normalized spacial score (nSPS) is 21.7. The summed E-state index contributed by atoms with van der Waals surface area (Å²) in [5, 5.41) is 8.51. The molecule has 3 aliphatic rings. The molecule has 1 aliphatic heterocycles. The number of nitrogens with one attached hydrogen (secondary N) is 3. The SMILES string of the molecule is C=C[C@@H]1C[C@]1(NC(=O)[C@@H]1C[C@@H](Oc2cc(-c3ccccc3)nc3cc(OC)ccc23)CN1C(=O)[C@@H](Nc1nc(-c2ccc(F)cc2)cs1)C(C)(C)C)C(=O)NS(=O)(=O)C1CC1. The van der Waals surface area contributed by atoms with E-state index in [0.717, 1.165) is 5.56 Å². The van der Waals surface area contributed by atoms with Gasteiger partial charge in [-0.1, -0.05) is 57.2 Å². The molecule has 0 radical (unpaired) electrons. The molecule has 3 N–H and O–H groups in total. The Balaban J connectivity index is 1.12. The number of nitrogens with zero attached hydrogens (tertiary/aromatic N) is 3. The molecule has 0 bridgehead atoms. The number of likely N-dealkylation sites (tertiary alicyclic amines) is 1. The number of fused-ring (bicyclic) bond motifs is 1. The number of methoxy groups -OCH3 is 1. The summed E-state index contributed by atoms with van der Waals surface area (Å²) in [7, 11) is -2.34. The first-order valence-corrected chi connectivity index (χ1v) is 22.5. The van der Waals surface area contributed by atoms with Crippen molar-refractivity contribution in [3.05, 3.63) is 103 Å². The van der Waals surface area contributed by atoms with Crippen molar-refractivity contribution in [3.63, 3.8) is 0 Å². The molecule has 0 spiro atoms. The Bertz CT molecular complexity index is 2610. The Morgan fingerprint density at radius 2 is 1.72 bits per heavy atom. The number of rotatable bonds is 14. The van der Waals surface area contributed by atoms with Crippen molar-refractivity contribution in [1.29, 1.82) is 0 Å². The highest BCUT2D eigenvalue weighted by atomic mass is 32.2. The minimum atomic E-state index is -3.92. The maximum absolute atomic E-state index is 15.0. The zero-order valence-corrected chi connectivity index (χ0v) is 35.8. The highest BCUT2D eigenvalue weighted by Gasteiger charge is 2.62. The first-order valence-electron chi connectivity index (χ1n) is 20.1. The van der Waals surface area contributed by atoms with Gasteiger partial charge in [0.15, 0.2) is 5.13 Å². The number of carbonyl (C=O) groups excluding carboxylic acids is 3. The van der Waals surface area contributed by atoms with Gasteiger partial charge in [-0.25, -0.2) is 22.8 Å². The molecule has 1 saturated heterocycles. The fourth-order valence-electron chi connectivity index (χ4n) is 7.76. The minimum Gasteiger partial charge on any atom is -0.497 e. The van der Waals surface area contributed by atoms with Gasteiger partial charge in [-0.2, -0.15) is 0 Å². The van der Waals surface area contributed by atoms with E-state index in [1.54, 1.807) is 25.3 Å². The summed E-state index contributed by atoms with van der Waals surface area (Å²) in [5.41, 5.74) is 1.18. The average molecular weight is 867 g/mol. The van der Waals surface area contributed by atoms with Gasteiger partial charge in [0.25, 0.3) is 5.91 Å². The summed E-state index contributed by atoms with van der Waals surface area (Å²) in [5.74, 6) is -1.66. The third-order valence-corrected chi connectivity index (χ3v) is 14.1. The number of hydrogen-bond acceptors (Lipinski definition) is 11. The van der Waals surface area contributed by atoms with Crippen molar-refractivity contribution in [2.45, 2.75) is 75.4 Å². The van der Waals surface area contributed by atoms with Gasteiger partial charge in [0.05, 0.1) is 35.8 Å². The van der Waals surface area contributed by atoms with E-state index >= 15 is 4.79 Å². The number of pyridine rings is 1. The maximum Gasteiger partial charge on any atom is 0.259 e. The number of amides is 3. The summed E-state index contributed by atoms with van der Waals surface area (Å²) in [6.07, 6.45) is 1.94. The number of aromatic nitrogens is 2. The monoisotopic (exact) mass is 866 g/mol. The van der Waals surface area contributed by atoms with E-state index in [2.05, 4.69) is 21.9 Å². The van der Waals surface area contributed by atoms with E-state index in [1.807, 2.05) is 74.7 Å². The number of carbonyl (C=O) groups is 3. The van der Waals surface area contributed by atoms with Crippen molar-refractivity contribution in [2.24, 2.45) is 11.3 Å². The molecule has 5 atom stereocenters. The molecule has 318 valence electrons. The minimum absolute atomic E-state index is 0.00463. The molecule has 2 aromatic heterocycles. The number of benzene rings is 3. The predicted molar refractivity (Wildman–Crippen MR) is 232 cm³/mol. The van der Waals surface area contributed by atoms with Crippen LogP contribution in [-0.2, 0) is 24.4 Å². The third-order valence-electron chi connectivity index (χ3n) is 11.5. The standard InChI is InChI=1S/C45H47FN6O7S2/c1-6-28-23-45(28,42(55)51-61(56,57)32-17-18-32)50-40(53)37-21-31(59-38-22-34(26-10-8-7-9-11-26)47-35-20-30(58-5)16-19-33(35)38)24-52(37)41(54)39(44(2,3)4)49-43-48-36(25-60-43)27-12-14-29(46)15-13-27/h6-16,19-20,22,25,28,31-32,37,39H,1,17-18,21,23-24H2,2-5H3,(H,48,49)(H,50,53)(H,51,55)/t28-,31-,37+,39-,45-/m1/s1. The molecule has 61 heavy (non-hydrogen) atoms. The molecule has 3 heterocycles. The third kappa shape index (κ3) is 8.69. The van der Waals surface area contributed by atoms with Crippen LogP contribution in [0.3, 0.4) is 0 Å². The molecule has 13 nitrogen and oxygen atoms in total. The number of hydrogen-bond donors (Lipinski definition) is 3. The Kier molecular flexibility index (Phi) is 11.1. The number of thiazole rings is 1. The molecule has 3 amide bonds. The Morgan fingerprint density at radius 1 is 1.00 bits per heavy atom. The van der Waals surface area contributed by atoms with Crippen molar-refractivity contribution in [2.75, 3.05) is 19.0 Å². The summed E-state index contributed by atoms with van der Waals surface area (Å²) in [4.78, 5) is 54.4. The number of anilines is 1. The highest BCUT2D eigenvalue weighted by Crippen LogP contribution is 2.46. The van der Waals surface area contributed by atoms with E-state index in [9.17, 15) is 22.4 Å². The Hall–Kier alpha value is -5.87. The Morgan fingerprint density at radius 3 is 2.38 bits per heavy atom. The summed E-state index contributed by atoms with van der Waals surface area (Å²) in [6.45, 7) is 9.53. The molecule has 5 aromatic rings. The quantitative estimate of drug-likeness (QED) is 0.102. The molecule has 0 unspecified atom stereocenters. The van der Waals surface area contributed by atoms with Crippen LogP contribution in [0.15, 0.2) is 96.9 Å². The van der Waals surface area contributed by atoms with Gasteiger partial charge in [-0.3, -0.25) is 19.1 Å². The van der Waals surface area contributed by atoms with E-state index < -0.39 is 68.1 Å². The molecule has 2 saturated carbocycles. The molecule has 3 aromatic carbocycles. The van der Waals surface area contributed by atoms with Gasteiger partial charge < -0.3 is 25.0 Å². The second-order valence-electron chi connectivity index (χ2n) is 16.9. The lowest BCUT2D eigenvalue weighted by Gasteiger charge is -2.35. The van der Waals surface area contributed by atoms with Crippen molar-refractivity contribution in [3.8, 4) is 34.0 Å². The molecule has 16 heteroatoms. The number of sulfonamides is 1. The van der Waals surface area contributed by atoms with Crippen LogP contribution in [0, 0.1) is 17.2 Å². The summed E-state index contributed by atoms with van der Waals surface area (Å²) < 4.78 is 53.9. The molecular formula is C45H47FN6O7S2. The van der Waals surface area contributed by atoms with Crippen LogP contribution in [0.1, 0.15) is 46.5 Å². The fraction of sp³-hybridized carbons (Fsp3) is 0.356. The van der Waals surface area contributed by atoms with Crippen LogP contribution < -0.4 is 24.8 Å². The van der Waals surface area contributed by atoms with Gasteiger partial charge in [0.2, 0.25) is 21.8 Å². The van der Waals surface area contributed by atoms with Gasteiger partial charge in [0.1, 0.15) is 41.0 Å². The zero-order valence-electron chi connectivity index (χ0n) is 34.2. The van der Waals surface area contributed by atoms with Crippen LogP contribution in [0.2, 0.25) is 0 Å². The van der Waals surface area contributed by atoms with Crippen molar-refractivity contribution < 1.29 is 36.7 Å². The topological polar surface area (TPSA) is 169 Å². The smallest absolute Gasteiger partial charge is 0.259 e. The summed E-state index contributed by atoms with van der Waals surface area (Å²) >= 11 is 1.29. The first kappa shape index (κ1) is 41.8. The molecular weight excluding hydrogens is 820 g/mol. The molecule has 8 rings (SSSR count). The highest BCUT2D eigenvalue weighted by molar-refractivity contribution is 7.91. The number of ether oxygens (including phenoxy) is 2. The maximum atomic E-state index is 15.0. The average Bonchev–Trinajstić information content (AvgIpc) is 4.13. The van der Waals surface area contributed by atoms with Crippen LogP contribution in [0.4, 0.5) is 9.52 Å². The first-order chi connectivity index (χ1) is 29.1. The lowest BCUT2D eigenvalue weighted by atomic mass is 9.85. The van der Waals surface area contributed by atoms with Crippen molar-refractivity contribution >= 4 is 55.1 Å². The van der Waals surface area contributed by atoms with Gasteiger partial charge >= 0.3 is 0 Å². The molecule has 3 fully saturated rings. The molecule has 2 aliphatic carbocycles. The van der Waals surface area contributed by atoms with Crippen LogP contribution in [-0.4, -0.2) is 83.6 Å². The predicted octanol–water partition coefficient (Wildman–Crippen LogP) is 6.72. The van der Waals surface area contributed by atoms with E-state index in [4.69, 9.17) is 19.4 Å². The van der Waals surface area contributed by atoms with Crippen LogP contribution in [0.25, 0.3) is 33.4 Å².